The van der Waals surface area contributed by atoms with Crippen LogP contribution in [0.4, 0.5) is 0 Å². The average molecular weight is 247 g/mol. The number of hydrogen-bond acceptors (Lipinski definition) is 3. The first-order valence-electron chi connectivity index (χ1n) is 5.27. The van der Waals surface area contributed by atoms with Gasteiger partial charge >= 0.3 is 5.97 Å². The van der Waals surface area contributed by atoms with E-state index in [1.807, 2.05) is 13.2 Å². The van der Waals surface area contributed by atoms with Crippen molar-refractivity contribution in [1.29, 1.82) is 0 Å². The van der Waals surface area contributed by atoms with Crippen LogP contribution in [0.1, 0.15) is 33.6 Å². The summed E-state index contributed by atoms with van der Waals surface area (Å²) >= 11 is 1.67. The van der Waals surface area contributed by atoms with Gasteiger partial charge in [-0.15, -0.1) is 0 Å². The summed E-state index contributed by atoms with van der Waals surface area (Å²) in [5, 5.41) is 11.6. The van der Waals surface area contributed by atoms with Crippen LogP contribution in [0.25, 0.3) is 0 Å². The number of carbonyl (C=O) groups is 2. The molecule has 0 radical (unpaired) electrons. The Morgan fingerprint density at radius 2 is 1.94 bits per heavy atom. The normalized spacial score (nSPS) is 13.2. The number of carboxylic acid groups (broad SMARTS) is 1. The van der Waals surface area contributed by atoms with E-state index in [9.17, 15) is 9.59 Å². The van der Waals surface area contributed by atoms with Crippen molar-refractivity contribution >= 4 is 23.6 Å². The van der Waals surface area contributed by atoms with E-state index in [-0.39, 0.29) is 24.8 Å². The number of aliphatic carboxylic acids is 1. The largest absolute Gasteiger partial charge is 0.481 e. The van der Waals surface area contributed by atoms with E-state index in [2.05, 4.69) is 5.32 Å². The molecule has 0 aliphatic carbocycles. The molecule has 1 amide bonds. The summed E-state index contributed by atoms with van der Waals surface area (Å²) in [6.45, 7) is 5.53. The molecule has 0 saturated heterocycles. The highest BCUT2D eigenvalue weighted by Crippen LogP contribution is 2.24. The smallest absolute Gasteiger partial charge is 0.303 e. The zero-order valence-corrected chi connectivity index (χ0v) is 11.2. The van der Waals surface area contributed by atoms with Crippen LogP contribution in [0.15, 0.2) is 0 Å². The molecule has 0 bridgehead atoms. The van der Waals surface area contributed by atoms with Crippen molar-refractivity contribution in [2.75, 3.05) is 12.0 Å². The van der Waals surface area contributed by atoms with Crippen molar-refractivity contribution in [3.05, 3.63) is 0 Å². The second-order valence-corrected chi connectivity index (χ2v) is 5.75. The fourth-order valence-electron chi connectivity index (χ4n) is 1.52. The van der Waals surface area contributed by atoms with Crippen LogP contribution in [-0.4, -0.2) is 35.0 Å². The van der Waals surface area contributed by atoms with Gasteiger partial charge in [-0.05, 0) is 18.6 Å². The summed E-state index contributed by atoms with van der Waals surface area (Å²) in [6.07, 6.45) is 2.24. The second-order valence-electron chi connectivity index (χ2n) is 4.84. The minimum atomic E-state index is -0.866. The highest BCUT2D eigenvalue weighted by atomic mass is 32.2. The Morgan fingerprint density at radius 3 is 2.38 bits per heavy atom. The number of thioether (sulfide) groups is 1. The third-order valence-corrected chi connectivity index (χ3v) is 2.93. The topological polar surface area (TPSA) is 66.4 Å². The van der Waals surface area contributed by atoms with Crippen LogP contribution in [0.2, 0.25) is 0 Å². The predicted molar refractivity (Wildman–Crippen MR) is 66.6 cm³/mol. The summed E-state index contributed by atoms with van der Waals surface area (Å²) in [5.74, 6) is -0.0757. The van der Waals surface area contributed by atoms with Crippen molar-refractivity contribution in [3.63, 3.8) is 0 Å². The van der Waals surface area contributed by atoms with E-state index >= 15 is 0 Å². The maximum absolute atomic E-state index is 11.6. The molecule has 0 aromatic rings. The van der Waals surface area contributed by atoms with Crippen molar-refractivity contribution in [3.8, 4) is 0 Å². The Labute approximate surface area is 101 Å². The second kappa shape index (κ2) is 6.78. The molecule has 0 saturated carbocycles. The van der Waals surface area contributed by atoms with Gasteiger partial charge in [0.05, 0.1) is 6.42 Å². The lowest BCUT2D eigenvalue weighted by Gasteiger charge is -2.22. The van der Waals surface area contributed by atoms with Crippen LogP contribution >= 0.6 is 11.8 Å². The molecule has 0 aromatic carbocycles. The first kappa shape index (κ1) is 15.3. The molecule has 94 valence electrons. The Kier molecular flexibility index (Phi) is 6.48. The number of carboxylic acids is 1. The molecule has 0 fully saturated rings. The van der Waals surface area contributed by atoms with Gasteiger partial charge in [0.1, 0.15) is 0 Å². The van der Waals surface area contributed by atoms with Gasteiger partial charge in [0, 0.05) is 18.2 Å². The monoisotopic (exact) mass is 247 g/mol. The first-order chi connectivity index (χ1) is 7.26. The standard InChI is InChI=1S/C11H21NO3S/c1-8(7-16-4)12-9(13)5-11(2,3)6-10(14)15/h8H,5-7H2,1-4H3,(H,12,13)(H,14,15). The van der Waals surface area contributed by atoms with Gasteiger partial charge in [-0.2, -0.15) is 11.8 Å². The van der Waals surface area contributed by atoms with Gasteiger partial charge in [0.2, 0.25) is 5.91 Å². The van der Waals surface area contributed by atoms with Crippen LogP contribution in [-0.2, 0) is 9.59 Å². The third kappa shape index (κ3) is 7.56. The lowest BCUT2D eigenvalue weighted by Crippen LogP contribution is -2.37. The van der Waals surface area contributed by atoms with Gasteiger partial charge in [-0.3, -0.25) is 9.59 Å². The van der Waals surface area contributed by atoms with Crippen LogP contribution in [0.3, 0.4) is 0 Å². The minimum absolute atomic E-state index is 0.0112. The minimum Gasteiger partial charge on any atom is -0.481 e. The number of rotatable bonds is 7. The van der Waals surface area contributed by atoms with Gasteiger partial charge in [0.15, 0.2) is 0 Å². The van der Waals surface area contributed by atoms with Gasteiger partial charge in [0.25, 0.3) is 0 Å². The summed E-state index contributed by atoms with van der Waals surface area (Å²) < 4.78 is 0. The van der Waals surface area contributed by atoms with Crippen molar-refractivity contribution in [1.82, 2.24) is 5.32 Å². The van der Waals surface area contributed by atoms with Crippen LogP contribution in [0.5, 0.6) is 0 Å². The molecule has 1 unspecified atom stereocenters. The van der Waals surface area contributed by atoms with Crippen molar-refractivity contribution in [2.45, 2.75) is 39.7 Å². The van der Waals surface area contributed by atoms with E-state index in [0.717, 1.165) is 5.75 Å². The third-order valence-electron chi connectivity index (χ3n) is 2.09. The molecule has 5 heteroatoms. The molecule has 0 aliphatic rings. The summed E-state index contributed by atoms with van der Waals surface area (Å²) in [5.41, 5.74) is -0.491. The average Bonchev–Trinajstić information content (AvgIpc) is 1.98. The number of nitrogens with one attached hydrogen (secondary N) is 1. The molecule has 0 aromatic heterocycles. The molecule has 0 heterocycles. The van der Waals surface area contributed by atoms with Crippen molar-refractivity contribution in [2.24, 2.45) is 5.41 Å². The molecule has 1 atom stereocenters. The number of amides is 1. The fourth-order valence-corrected chi connectivity index (χ4v) is 2.11. The van der Waals surface area contributed by atoms with E-state index in [1.54, 1.807) is 25.6 Å². The van der Waals surface area contributed by atoms with Gasteiger partial charge < -0.3 is 10.4 Å². The van der Waals surface area contributed by atoms with Crippen LogP contribution in [0, 0.1) is 5.41 Å². The van der Waals surface area contributed by atoms with Crippen LogP contribution < -0.4 is 5.32 Å². The highest BCUT2D eigenvalue weighted by Gasteiger charge is 2.25. The molecular weight excluding hydrogens is 226 g/mol. The summed E-state index contributed by atoms with van der Waals surface area (Å²) in [4.78, 5) is 22.2. The maximum Gasteiger partial charge on any atom is 0.303 e. The predicted octanol–water partition coefficient (Wildman–Crippen LogP) is 1.75. The number of hydrogen-bond donors (Lipinski definition) is 2. The Bertz CT molecular complexity index is 254. The lowest BCUT2D eigenvalue weighted by molar-refractivity contribution is -0.139. The zero-order chi connectivity index (χ0) is 12.8. The Hall–Kier alpha value is -0.710. The summed E-state index contributed by atoms with van der Waals surface area (Å²) in [7, 11) is 0. The Morgan fingerprint density at radius 1 is 1.38 bits per heavy atom. The fraction of sp³-hybridized carbons (Fsp3) is 0.818. The SMILES string of the molecule is CSCC(C)NC(=O)CC(C)(C)CC(=O)O. The molecule has 16 heavy (non-hydrogen) atoms. The molecular formula is C11H21NO3S. The summed E-state index contributed by atoms with van der Waals surface area (Å²) in [6, 6.07) is 0.128. The zero-order valence-electron chi connectivity index (χ0n) is 10.4. The molecule has 0 aliphatic heterocycles. The molecule has 4 nitrogen and oxygen atoms in total. The first-order valence-corrected chi connectivity index (χ1v) is 6.66. The lowest BCUT2D eigenvalue weighted by atomic mass is 9.85. The number of carbonyl (C=O) groups excluding carboxylic acids is 1. The van der Waals surface area contributed by atoms with E-state index < -0.39 is 11.4 Å². The van der Waals surface area contributed by atoms with E-state index in [1.165, 1.54) is 0 Å². The molecule has 0 rings (SSSR count). The van der Waals surface area contributed by atoms with E-state index in [0.29, 0.717) is 0 Å². The molecule has 2 N–H and O–H groups in total. The van der Waals surface area contributed by atoms with E-state index in [4.69, 9.17) is 5.11 Å². The van der Waals surface area contributed by atoms with Gasteiger partial charge in [-0.1, -0.05) is 13.8 Å². The molecule has 0 spiro atoms. The van der Waals surface area contributed by atoms with Gasteiger partial charge in [-0.25, -0.2) is 0 Å². The highest BCUT2D eigenvalue weighted by molar-refractivity contribution is 7.98. The van der Waals surface area contributed by atoms with Crippen molar-refractivity contribution < 1.29 is 14.7 Å². The quantitative estimate of drug-likeness (QED) is 0.719. The Balaban J connectivity index is 4.07. The maximum atomic E-state index is 11.6.